The van der Waals surface area contributed by atoms with Gasteiger partial charge in [0.15, 0.2) is 6.10 Å². The van der Waals surface area contributed by atoms with E-state index in [2.05, 4.69) is 21.5 Å². The number of benzene rings is 1. The highest BCUT2D eigenvalue weighted by Gasteiger charge is 2.25. The number of nitrogens with zero attached hydrogens (tertiary/aromatic N) is 2. The fourth-order valence-electron chi connectivity index (χ4n) is 2.48. The largest absolute Gasteiger partial charge is 0.480 e. The number of hydrogen-bond donors (Lipinski definition) is 2. The van der Waals surface area contributed by atoms with Gasteiger partial charge in [0.25, 0.3) is 11.9 Å². The van der Waals surface area contributed by atoms with Crippen molar-refractivity contribution >= 4 is 11.9 Å². The van der Waals surface area contributed by atoms with Crippen molar-refractivity contribution in [3.8, 4) is 5.75 Å². The minimum atomic E-state index is -0.456. The van der Waals surface area contributed by atoms with Gasteiger partial charge in [-0.05, 0) is 36.6 Å². The predicted molar refractivity (Wildman–Crippen MR) is 79.3 cm³/mol. The number of fused-ring (bicyclic) bond motifs is 1. The van der Waals surface area contributed by atoms with Crippen LogP contribution < -0.4 is 15.8 Å². The lowest BCUT2D eigenvalue weighted by Crippen LogP contribution is -2.41. The first-order valence-corrected chi connectivity index (χ1v) is 7.24. The third-order valence-corrected chi connectivity index (χ3v) is 3.58. The second kappa shape index (κ2) is 6.05. The van der Waals surface area contributed by atoms with Gasteiger partial charge in [0.2, 0.25) is 5.89 Å². The van der Waals surface area contributed by atoms with Gasteiger partial charge in [0, 0.05) is 13.0 Å². The standard InChI is InChI=1S/C15H18N4O3/c1-9-2-4-11-10(8-9)3-5-12(21-11)14(20)17-7-6-13-18-15(16)19-22-13/h2,4,8,12H,3,5-7H2,1H3,(H2,16,19)(H,17,20)/t12-/m1/s1. The Morgan fingerprint density at radius 3 is 3.14 bits per heavy atom. The fraction of sp³-hybridized carbons (Fsp3) is 0.400. The van der Waals surface area contributed by atoms with E-state index in [0.717, 1.165) is 17.7 Å². The highest BCUT2D eigenvalue weighted by Crippen LogP contribution is 2.28. The Bertz CT molecular complexity index is 683. The van der Waals surface area contributed by atoms with Crippen LogP contribution in [-0.2, 0) is 17.6 Å². The van der Waals surface area contributed by atoms with Crippen LogP contribution in [0.2, 0.25) is 0 Å². The number of aryl methyl sites for hydroxylation is 2. The summed E-state index contributed by atoms with van der Waals surface area (Å²) in [5, 5.41) is 6.31. The average molecular weight is 302 g/mol. The summed E-state index contributed by atoms with van der Waals surface area (Å²) in [5.74, 6) is 1.17. The summed E-state index contributed by atoms with van der Waals surface area (Å²) in [7, 11) is 0. The molecule has 116 valence electrons. The summed E-state index contributed by atoms with van der Waals surface area (Å²) in [6.45, 7) is 2.45. The number of rotatable bonds is 4. The van der Waals surface area contributed by atoms with E-state index in [0.29, 0.717) is 25.3 Å². The quantitative estimate of drug-likeness (QED) is 0.873. The summed E-state index contributed by atoms with van der Waals surface area (Å²) in [6.07, 6.45) is 1.51. The number of hydrogen-bond acceptors (Lipinski definition) is 6. The van der Waals surface area contributed by atoms with Gasteiger partial charge in [-0.25, -0.2) is 0 Å². The van der Waals surface area contributed by atoms with Crippen LogP contribution in [0.1, 0.15) is 23.4 Å². The van der Waals surface area contributed by atoms with Crippen molar-refractivity contribution in [2.24, 2.45) is 0 Å². The maximum absolute atomic E-state index is 12.1. The summed E-state index contributed by atoms with van der Waals surface area (Å²) in [6, 6.07) is 6.01. The Morgan fingerprint density at radius 2 is 2.36 bits per heavy atom. The van der Waals surface area contributed by atoms with Gasteiger partial charge in [-0.3, -0.25) is 4.79 Å². The molecule has 0 unspecified atom stereocenters. The number of nitrogens with two attached hydrogens (primary N) is 1. The highest BCUT2D eigenvalue weighted by molar-refractivity contribution is 5.81. The van der Waals surface area contributed by atoms with E-state index in [1.54, 1.807) is 0 Å². The highest BCUT2D eigenvalue weighted by atomic mass is 16.5. The molecule has 0 radical (unpaired) electrons. The lowest BCUT2D eigenvalue weighted by Gasteiger charge is -2.25. The molecule has 0 spiro atoms. The van der Waals surface area contributed by atoms with Crippen LogP contribution in [0.15, 0.2) is 22.7 Å². The van der Waals surface area contributed by atoms with Gasteiger partial charge in [0.1, 0.15) is 5.75 Å². The summed E-state index contributed by atoms with van der Waals surface area (Å²) < 4.78 is 10.7. The molecule has 1 aromatic heterocycles. The van der Waals surface area contributed by atoms with Crippen LogP contribution in [0, 0.1) is 6.92 Å². The van der Waals surface area contributed by atoms with Gasteiger partial charge in [0.05, 0.1) is 0 Å². The van der Waals surface area contributed by atoms with Crippen LogP contribution in [0.25, 0.3) is 0 Å². The molecule has 1 amide bonds. The first kappa shape index (κ1) is 14.4. The van der Waals surface area contributed by atoms with Gasteiger partial charge in [-0.1, -0.05) is 17.7 Å². The average Bonchev–Trinajstić information content (AvgIpc) is 2.92. The van der Waals surface area contributed by atoms with Crippen molar-refractivity contribution in [1.82, 2.24) is 15.5 Å². The molecule has 0 saturated heterocycles. The molecule has 3 rings (SSSR count). The van der Waals surface area contributed by atoms with E-state index in [-0.39, 0.29) is 11.9 Å². The van der Waals surface area contributed by atoms with Crippen LogP contribution in [0.4, 0.5) is 5.95 Å². The molecule has 2 aromatic rings. The van der Waals surface area contributed by atoms with Gasteiger partial charge in [-0.2, -0.15) is 4.98 Å². The Morgan fingerprint density at radius 1 is 1.50 bits per heavy atom. The van der Waals surface area contributed by atoms with E-state index >= 15 is 0 Å². The molecule has 1 aromatic carbocycles. The van der Waals surface area contributed by atoms with E-state index in [1.165, 1.54) is 5.56 Å². The van der Waals surface area contributed by atoms with Crippen molar-refractivity contribution in [2.45, 2.75) is 32.3 Å². The Kier molecular flexibility index (Phi) is 3.95. The van der Waals surface area contributed by atoms with E-state index in [4.69, 9.17) is 15.0 Å². The monoisotopic (exact) mass is 302 g/mol. The second-order valence-corrected chi connectivity index (χ2v) is 5.34. The van der Waals surface area contributed by atoms with Crippen molar-refractivity contribution in [2.75, 3.05) is 12.3 Å². The maximum Gasteiger partial charge on any atom is 0.261 e. The number of carbonyl (C=O) groups excluding carboxylic acids is 1. The summed E-state index contributed by atoms with van der Waals surface area (Å²) >= 11 is 0. The number of anilines is 1. The van der Waals surface area contributed by atoms with Crippen LogP contribution >= 0.6 is 0 Å². The number of aromatic nitrogens is 2. The topological polar surface area (TPSA) is 103 Å². The second-order valence-electron chi connectivity index (χ2n) is 5.34. The summed E-state index contributed by atoms with van der Waals surface area (Å²) in [5.41, 5.74) is 7.72. The van der Waals surface area contributed by atoms with Crippen molar-refractivity contribution in [1.29, 1.82) is 0 Å². The molecule has 0 saturated carbocycles. The molecule has 1 atom stereocenters. The number of amides is 1. The molecule has 0 aliphatic carbocycles. The summed E-state index contributed by atoms with van der Waals surface area (Å²) in [4.78, 5) is 16.0. The SMILES string of the molecule is Cc1ccc2c(c1)CC[C@H](C(=O)NCCc1nc(N)no1)O2. The first-order chi connectivity index (χ1) is 10.6. The van der Waals surface area contributed by atoms with Gasteiger partial charge < -0.3 is 20.3 Å². The third-order valence-electron chi connectivity index (χ3n) is 3.58. The van der Waals surface area contributed by atoms with Gasteiger partial charge >= 0.3 is 0 Å². The predicted octanol–water partition coefficient (Wildman–Crippen LogP) is 1.01. The zero-order chi connectivity index (χ0) is 15.5. The maximum atomic E-state index is 12.1. The molecule has 22 heavy (non-hydrogen) atoms. The zero-order valence-corrected chi connectivity index (χ0v) is 12.3. The lowest BCUT2D eigenvalue weighted by atomic mass is 10.00. The molecular weight excluding hydrogens is 284 g/mol. The number of nitrogen functional groups attached to an aromatic ring is 1. The Balaban J connectivity index is 1.52. The van der Waals surface area contributed by atoms with E-state index in [1.807, 2.05) is 19.1 Å². The minimum Gasteiger partial charge on any atom is -0.480 e. The normalized spacial score (nSPS) is 16.7. The van der Waals surface area contributed by atoms with Crippen molar-refractivity contribution in [3.63, 3.8) is 0 Å². The fourth-order valence-corrected chi connectivity index (χ4v) is 2.48. The molecule has 2 heterocycles. The first-order valence-electron chi connectivity index (χ1n) is 7.24. The Labute approximate surface area is 127 Å². The lowest BCUT2D eigenvalue weighted by molar-refractivity contribution is -0.128. The smallest absolute Gasteiger partial charge is 0.261 e. The van der Waals surface area contributed by atoms with Crippen LogP contribution in [0.5, 0.6) is 5.75 Å². The number of nitrogens with one attached hydrogen (secondary N) is 1. The molecule has 1 aliphatic rings. The molecule has 7 nitrogen and oxygen atoms in total. The van der Waals surface area contributed by atoms with E-state index < -0.39 is 6.10 Å². The van der Waals surface area contributed by atoms with Crippen LogP contribution in [0.3, 0.4) is 0 Å². The number of carbonyl (C=O) groups is 1. The molecular formula is C15H18N4O3. The molecule has 1 aliphatic heterocycles. The zero-order valence-electron chi connectivity index (χ0n) is 12.3. The third kappa shape index (κ3) is 3.19. The van der Waals surface area contributed by atoms with Crippen LogP contribution in [-0.4, -0.2) is 28.7 Å². The number of ether oxygens (including phenoxy) is 1. The van der Waals surface area contributed by atoms with Crippen molar-refractivity contribution < 1.29 is 14.1 Å². The van der Waals surface area contributed by atoms with Gasteiger partial charge in [-0.15, -0.1) is 0 Å². The molecule has 3 N–H and O–H groups in total. The van der Waals surface area contributed by atoms with Crippen molar-refractivity contribution in [3.05, 3.63) is 35.2 Å². The Hall–Kier alpha value is -2.57. The van der Waals surface area contributed by atoms with E-state index in [9.17, 15) is 4.79 Å². The molecule has 0 bridgehead atoms. The molecule has 0 fully saturated rings. The minimum absolute atomic E-state index is 0.101. The molecule has 7 heteroatoms.